The van der Waals surface area contributed by atoms with Gasteiger partial charge < -0.3 is 0 Å². The molecule has 336 valence electrons. The van der Waals surface area contributed by atoms with Crippen LogP contribution in [-0.2, 0) is 16.2 Å². The van der Waals surface area contributed by atoms with Crippen LogP contribution in [0, 0.1) is 0 Å². The zero-order valence-corrected chi connectivity index (χ0v) is 41.2. The third-order valence-corrected chi connectivity index (χ3v) is 16.2. The van der Waals surface area contributed by atoms with Crippen LogP contribution >= 0.6 is 0 Å². The summed E-state index contributed by atoms with van der Waals surface area (Å²) in [4.78, 5) is 0. The maximum absolute atomic E-state index is 2.54. The summed E-state index contributed by atoms with van der Waals surface area (Å²) in [5, 5.41) is 7.51. The third kappa shape index (κ3) is 6.43. The van der Waals surface area contributed by atoms with Gasteiger partial charge in [-0.15, -0.1) is 0 Å². The molecule has 0 spiro atoms. The average molecular weight is 897 g/mol. The molecule has 0 aliphatic heterocycles. The molecule has 0 amide bonds. The molecule has 13 rings (SSSR count). The monoisotopic (exact) mass is 896 g/mol. The minimum absolute atomic E-state index is 0.0727. The summed E-state index contributed by atoms with van der Waals surface area (Å²) in [6.07, 6.45) is 0. The van der Waals surface area contributed by atoms with Crippen molar-refractivity contribution in [1.29, 1.82) is 0 Å². The summed E-state index contributed by atoms with van der Waals surface area (Å²) < 4.78 is 0. The molecule has 0 nitrogen and oxygen atoms in total. The molecule has 0 unspecified atom stereocenters. The van der Waals surface area contributed by atoms with Crippen LogP contribution in [0.4, 0.5) is 0 Å². The van der Waals surface area contributed by atoms with Gasteiger partial charge in [-0.3, -0.25) is 0 Å². The topological polar surface area (TPSA) is 0 Å². The van der Waals surface area contributed by atoms with Crippen molar-refractivity contribution in [2.24, 2.45) is 0 Å². The molecule has 0 atom stereocenters. The van der Waals surface area contributed by atoms with Gasteiger partial charge in [0.1, 0.15) is 0 Å². The van der Waals surface area contributed by atoms with Crippen molar-refractivity contribution in [1.82, 2.24) is 0 Å². The van der Waals surface area contributed by atoms with Crippen LogP contribution in [0.5, 0.6) is 0 Å². The number of hydrogen-bond donors (Lipinski definition) is 0. The van der Waals surface area contributed by atoms with Crippen molar-refractivity contribution < 1.29 is 0 Å². The number of benzene rings is 11. The quantitative estimate of drug-likeness (QED) is 0.151. The van der Waals surface area contributed by atoms with E-state index in [9.17, 15) is 0 Å². The molecule has 0 radical (unpaired) electrons. The number of fused-ring (bicyclic) bond motifs is 10. The van der Waals surface area contributed by atoms with Gasteiger partial charge in [-0.2, -0.15) is 0 Å². The Bertz CT molecular complexity index is 3950. The Morgan fingerprint density at radius 2 is 0.686 bits per heavy atom. The maximum Gasteiger partial charge on any atom is 0.0159 e. The van der Waals surface area contributed by atoms with Crippen LogP contribution in [-0.4, -0.2) is 0 Å². The van der Waals surface area contributed by atoms with E-state index in [0.717, 1.165) is 0 Å². The van der Waals surface area contributed by atoms with Crippen LogP contribution in [0.25, 0.3) is 110 Å². The third-order valence-electron chi connectivity index (χ3n) is 16.2. The Balaban J connectivity index is 1.15. The molecule has 0 saturated heterocycles. The molecule has 0 aromatic heterocycles. The summed E-state index contributed by atoms with van der Waals surface area (Å²) in [7, 11) is 0. The molecule has 0 N–H and O–H groups in total. The van der Waals surface area contributed by atoms with Gasteiger partial charge in [-0.05, 0) is 180 Å². The highest BCUT2D eigenvalue weighted by Crippen LogP contribution is 2.55. The predicted molar refractivity (Wildman–Crippen MR) is 300 cm³/mol. The van der Waals surface area contributed by atoms with E-state index in [1.54, 1.807) is 0 Å². The van der Waals surface area contributed by atoms with Gasteiger partial charge in [0.15, 0.2) is 0 Å². The first kappa shape index (κ1) is 42.3. The fourth-order valence-corrected chi connectivity index (χ4v) is 12.4. The van der Waals surface area contributed by atoms with Crippen LogP contribution in [0.15, 0.2) is 212 Å². The highest BCUT2D eigenvalue weighted by Gasteiger charge is 2.37. The van der Waals surface area contributed by atoms with E-state index in [0.29, 0.717) is 0 Å². The second kappa shape index (κ2) is 15.4. The fraction of sp³-hybridized carbons (Fsp3) is 0.143. The lowest BCUT2D eigenvalue weighted by Gasteiger charge is -2.25. The van der Waals surface area contributed by atoms with Gasteiger partial charge in [0, 0.05) is 10.8 Å². The largest absolute Gasteiger partial charge is 0.0622 e. The van der Waals surface area contributed by atoms with Crippen LogP contribution in [0.1, 0.15) is 76.3 Å². The Morgan fingerprint density at radius 1 is 0.271 bits per heavy atom. The molecular formula is C70H56. The van der Waals surface area contributed by atoms with Gasteiger partial charge in [0.05, 0.1) is 0 Å². The number of rotatable bonds is 5. The Kier molecular flexibility index (Phi) is 9.28. The van der Waals surface area contributed by atoms with E-state index < -0.39 is 0 Å². The SMILES string of the molecule is CC(C)(C)c1ccc(-c2ccc3c(c2)c(-c2ccc4c(c2)C(C)(C)c2ccccc2-4)c(-c2ccc4c(c2)C(C)(C)c2ccccc2-4)c2cc(-c4cc5ccccc5cc4-c4ccccc4)ccc23)cc1. The number of hydrogen-bond acceptors (Lipinski definition) is 0. The molecule has 2 aliphatic carbocycles. The predicted octanol–water partition coefficient (Wildman–Crippen LogP) is 19.4. The summed E-state index contributed by atoms with van der Waals surface area (Å²) in [5.41, 5.74) is 24.3. The van der Waals surface area contributed by atoms with E-state index in [1.165, 1.54) is 138 Å². The average Bonchev–Trinajstić information content (AvgIpc) is 3.76. The summed E-state index contributed by atoms with van der Waals surface area (Å²) >= 11 is 0. The fourth-order valence-electron chi connectivity index (χ4n) is 12.4. The van der Waals surface area contributed by atoms with Crippen LogP contribution in [0.2, 0.25) is 0 Å². The van der Waals surface area contributed by atoms with Gasteiger partial charge in [-0.1, -0.05) is 224 Å². The smallest absolute Gasteiger partial charge is 0.0159 e. The van der Waals surface area contributed by atoms with E-state index in [1.807, 2.05) is 0 Å². The molecule has 0 saturated carbocycles. The van der Waals surface area contributed by atoms with Crippen molar-refractivity contribution in [3.63, 3.8) is 0 Å². The van der Waals surface area contributed by atoms with Crippen molar-refractivity contribution in [2.45, 2.75) is 64.7 Å². The lowest BCUT2D eigenvalue weighted by molar-refractivity contribution is 0.590. The van der Waals surface area contributed by atoms with E-state index in [4.69, 9.17) is 0 Å². The van der Waals surface area contributed by atoms with Crippen LogP contribution < -0.4 is 0 Å². The molecule has 11 aromatic carbocycles. The minimum atomic E-state index is -0.161. The lowest BCUT2D eigenvalue weighted by Crippen LogP contribution is -2.15. The first-order valence-corrected chi connectivity index (χ1v) is 25.1. The Hall–Kier alpha value is -7.80. The van der Waals surface area contributed by atoms with Crippen molar-refractivity contribution in [3.05, 3.63) is 240 Å². The highest BCUT2D eigenvalue weighted by molar-refractivity contribution is 6.23. The standard InChI is InChI=1S/C70H56/c1-68(2,3)51-31-25-43(26-32-51)47-27-33-52-53-34-28-48(59-38-46-20-12-11-19-45(46)37-58(59)44-17-9-8-10-18-44)40-61(53)67(50-30-36-57-55-22-14-16-24-63(55)70(6,7)65(57)42-50)66(60(52)39-47)49-29-35-56-54-21-13-15-23-62(54)69(4,5)64(56)41-49/h8-42H,1-7H3. The molecule has 11 aromatic rings. The van der Waals surface area contributed by atoms with Gasteiger partial charge in [0.25, 0.3) is 0 Å². The second-order valence-electron chi connectivity index (χ2n) is 22.1. The molecule has 70 heavy (non-hydrogen) atoms. The van der Waals surface area contributed by atoms with Crippen molar-refractivity contribution in [3.8, 4) is 77.9 Å². The minimum Gasteiger partial charge on any atom is -0.0622 e. The van der Waals surface area contributed by atoms with Gasteiger partial charge in [-0.25, -0.2) is 0 Å². The molecule has 0 heterocycles. The zero-order valence-electron chi connectivity index (χ0n) is 41.2. The maximum atomic E-state index is 2.54. The molecule has 0 fully saturated rings. The molecule has 2 aliphatic rings. The van der Waals surface area contributed by atoms with E-state index in [2.05, 4.69) is 261 Å². The normalized spacial score (nSPS) is 14.2. The first-order valence-electron chi connectivity index (χ1n) is 25.1. The molecular weight excluding hydrogens is 841 g/mol. The van der Waals surface area contributed by atoms with Crippen molar-refractivity contribution in [2.75, 3.05) is 0 Å². The Morgan fingerprint density at radius 3 is 1.21 bits per heavy atom. The Labute approximate surface area is 413 Å². The summed E-state index contributed by atoms with van der Waals surface area (Å²) in [5.74, 6) is 0. The second-order valence-corrected chi connectivity index (χ2v) is 22.1. The van der Waals surface area contributed by atoms with Crippen LogP contribution in [0.3, 0.4) is 0 Å². The lowest BCUT2D eigenvalue weighted by atomic mass is 9.78. The van der Waals surface area contributed by atoms with Gasteiger partial charge in [0.2, 0.25) is 0 Å². The molecule has 0 heteroatoms. The summed E-state index contributed by atoms with van der Waals surface area (Å²) in [6, 6.07) is 81.1. The highest BCUT2D eigenvalue weighted by atomic mass is 14.4. The zero-order chi connectivity index (χ0) is 47.7. The van der Waals surface area contributed by atoms with E-state index >= 15 is 0 Å². The van der Waals surface area contributed by atoms with Gasteiger partial charge >= 0.3 is 0 Å². The first-order chi connectivity index (χ1) is 33.8. The molecule has 0 bridgehead atoms. The summed E-state index contributed by atoms with van der Waals surface area (Å²) in [6.45, 7) is 16.5. The van der Waals surface area contributed by atoms with Crippen molar-refractivity contribution >= 4 is 32.3 Å². The van der Waals surface area contributed by atoms with E-state index in [-0.39, 0.29) is 16.2 Å².